The lowest BCUT2D eigenvalue weighted by Gasteiger charge is -2.09. The van der Waals surface area contributed by atoms with Crippen LogP contribution in [0.25, 0.3) is 0 Å². The average Bonchev–Trinajstić information content (AvgIpc) is 2.36. The van der Waals surface area contributed by atoms with Crippen LogP contribution in [0.2, 0.25) is 0 Å². The van der Waals surface area contributed by atoms with Crippen LogP contribution in [0.3, 0.4) is 0 Å². The number of hydrogen-bond acceptors (Lipinski definition) is 2. The van der Waals surface area contributed by atoms with Crippen molar-refractivity contribution >= 4 is 22.2 Å². The number of aldehydes is 1. The third-order valence-corrected chi connectivity index (χ3v) is 3.10. The second-order valence-corrected chi connectivity index (χ2v) is 4.68. The van der Waals surface area contributed by atoms with Gasteiger partial charge in [0.05, 0.1) is 4.47 Å². The minimum absolute atomic E-state index is 0.380. The van der Waals surface area contributed by atoms with Crippen LogP contribution in [0, 0.1) is 12.7 Å². The fourth-order valence-corrected chi connectivity index (χ4v) is 1.77. The Hall–Kier alpha value is -1.68. The Bertz CT molecular complexity index is 596. The van der Waals surface area contributed by atoms with E-state index < -0.39 is 0 Å². The summed E-state index contributed by atoms with van der Waals surface area (Å²) in [6.45, 7) is 1.83. The van der Waals surface area contributed by atoms with Gasteiger partial charge in [-0.2, -0.15) is 0 Å². The molecule has 0 fully saturated rings. The van der Waals surface area contributed by atoms with Gasteiger partial charge in [0, 0.05) is 11.6 Å². The van der Waals surface area contributed by atoms with Gasteiger partial charge in [-0.15, -0.1) is 0 Å². The van der Waals surface area contributed by atoms with Crippen molar-refractivity contribution in [2.75, 3.05) is 0 Å². The van der Waals surface area contributed by atoms with Gasteiger partial charge >= 0.3 is 0 Å². The number of carbonyl (C=O) groups is 1. The van der Waals surface area contributed by atoms with Gasteiger partial charge in [0.15, 0.2) is 0 Å². The maximum atomic E-state index is 13.3. The minimum atomic E-state index is -0.380. The Morgan fingerprint density at radius 2 is 2.00 bits per heavy atom. The summed E-state index contributed by atoms with van der Waals surface area (Å²) < 4.78 is 19.3. The largest absolute Gasteiger partial charge is 0.457 e. The molecular formula is C14H10BrFO2. The lowest BCUT2D eigenvalue weighted by molar-refractivity contribution is 0.112. The highest BCUT2D eigenvalue weighted by Crippen LogP contribution is 2.28. The summed E-state index contributed by atoms with van der Waals surface area (Å²) in [6, 6.07) is 9.62. The molecule has 0 aliphatic carbocycles. The van der Waals surface area contributed by atoms with Crippen LogP contribution in [0.15, 0.2) is 40.9 Å². The third kappa shape index (κ3) is 2.76. The van der Waals surface area contributed by atoms with Crippen molar-refractivity contribution in [3.63, 3.8) is 0 Å². The topological polar surface area (TPSA) is 26.3 Å². The highest BCUT2D eigenvalue weighted by molar-refractivity contribution is 9.10. The van der Waals surface area contributed by atoms with Gasteiger partial charge in [-0.3, -0.25) is 4.79 Å². The maximum absolute atomic E-state index is 13.3. The molecule has 2 aromatic rings. The summed E-state index contributed by atoms with van der Waals surface area (Å²) in [4.78, 5) is 10.6. The van der Waals surface area contributed by atoms with E-state index >= 15 is 0 Å². The Labute approximate surface area is 113 Å². The molecule has 0 aromatic heterocycles. The summed E-state index contributed by atoms with van der Waals surface area (Å²) in [5.74, 6) is 0.634. The van der Waals surface area contributed by atoms with Gasteiger partial charge in [-0.05, 0) is 58.7 Å². The molecule has 0 radical (unpaired) electrons. The molecular weight excluding hydrogens is 299 g/mol. The van der Waals surface area contributed by atoms with E-state index in [0.29, 0.717) is 21.5 Å². The van der Waals surface area contributed by atoms with E-state index in [9.17, 15) is 9.18 Å². The Morgan fingerprint density at radius 1 is 1.22 bits per heavy atom. The standard InChI is InChI=1S/C14H10BrFO2/c1-9-6-10(8-17)2-5-14(9)18-11-3-4-12(15)13(16)7-11/h2-8H,1H3. The van der Waals surface area contributed by atoms with E-state index in [4.69, 9.17) is 4.74 Å². The van der Waals surface area contributed by atoms with Crippen molar-refractivity contribution in [2.45, 2.75) is 6.92 Å². The van der Waals surface area contributed by atoms with Gasteiger partial charge in [0.2, 0.25) is 0 Å². The molecule has 0 aliphatic rings. The third-order valence-electron chi connectivity index (χ3n) is 2.45. The number of ether oxygens (including phenoxy) is 1. The molecule has 92 valence electrons. The predicted molar refractivity (Wildman–Crippen MR) is 70.7 cm³/mol. The number of benzene rings is 2. The van der Waals surface area contributed by atoms with E-state index in [2.05, 4.69) is 15.9 Å². The summed E-state index contributed by atoms with van der Waals surface area (Å²) in [7, 11) is 0. The number of halogens is 2. The van der Waals surface area contributed by atoms with Crippen molar-refractivity contribution in [3.05, 3.63) is 57.8 Å². The van der Waals surface area contributed by atoms with Crippen LogP contribution in [-0.4, -0.2) is 6.29 Å². The van der Waals surface area contributed by atoms with Crippen LogP contribution >= 0.6 is 15.9 Å². The molecule has 0 saturated carbocycles. The van der Waals surface area contributed by atoms with Crippen molar-refractivity contribution in [3.8, 4) is 11.5 Å². The summed E-state index contributed by atoms with van der Waals surface area (Å²) >= 11 is 3.08. The first-order chi connectivity index (χ1) is 8.60. The molecule has 0 unspecified atom stereocenters. The average molecular weight is 309 g/mol. The molecule has 4 heteroatoms. The fraction of sp³-hybridized carbons (Fsp3) is 0.0714. The predicted octanol–water partition coefficient (Wildman–Crippen LogP) is 4.50. The lowest BCUT2D eigenvalue weighted by atomic mass is 10.1. The first-order valence-corrected chi connectivity index (χ1v) is 6.08. The first kappa shape index (κ1) is 12.8. The minimum Gasteiger partial charge on any atom is -0.457 e. The maximum Gasteiger partial charge on any atom is 0.150 e. The van der Waals surface area contributed by atoms with Crippen molar-refractivity contribution in [1.82, 2.24) is 0 Å². The van der Waals surface area contributed by atoms with Crippen LogP contribution < -0.4 is 4.74 Å². The Morgan fingerprint density at radius 3 is 2.61 bits per heavy atom. The van der Waals surface area contributed by atoms with E-state index in [1.807, 2.05) is 6.92 Å². The van der Waals surface area contributed by atoms with Gasteiger partial charge in [0.25, 0.3) is 0 Å². The SMILES string of the molecule is Cc1cc(C=O)ccc1Oc1ccc(Br)c(F)c1. The molecule has 0 N–H and O–H groups in total. The summed E-state index contributed by atoms with van der Waals surface area (Å²) in [5.41, 5.74) is 1.41. The molecule has 0 heterocycles. The molecule has 18 heavy (non-hydrogen) atoms. The second kappa shape index (κ2) is 5.31. The molecule has 0 saturated heterocycles. The van der Waals surface area contributed by atoms with Crippen LogP contribution in [-0.2, 0) is 0 Å². The van der Waals surface area contributed by atoms with E-state index in [1.54, 1.807) is 30.3 Å². The zero-order valence-corrected chi connectivity index (χ0v) is 11.2. The Kier molecular flexibility index (Phi) is 3.77. The number of carbonyl (C=O) groups excluding carboxylic acids is 1. The molecule has 0 atom stereocenters. The first-order valence-electron chi connectivity index (χ1n) is 5.29. The van der Waals surface area contributed by atoms with E-state index in [1.165, 1.54) is 6.07 Å². The van der Waals surface area contributed by atoms with Gasteiger partial charge in [-0.25, -0.2) is 4.39 Å². The molecule has 2 rings (SSSR count). The highest BCUT2D eigenvalue weighted by Gasteiger charge is 2.05. The van der Waals surface area contributed by atoms with E-state index in [0.717, 1.165) is 11.8 Å². The molecule has 2 nitrogen and oxygen atoms in total. The van der Waals surface area contributed by atoms with Gasteiger partial charge in [0.1, 0.15) is 23.6 Å². The van der Waals surface area contributed by atoms with Crippen LogP contribution in [0.1, 0.15) is 15.9 Å². The summed E-state index contributed by atoms with van der Waals surface area (Å²) in [5, 5.41) is 0. The number of hydrogen-bond donors (Lipinski definition) is 0. The Balaban J connectivity index is 2.28. The monoisotopic (exact) mass is 308 g/mol. The molecule has 2 aromatic carbocycles. The number of aryl methyl sites for hydroxylation is 1. The fourth-order valence-electron chi connectivity index (χ4n) is 1.53. The zero-order valence-electron chi connectivity index (χ0n) is 9.61. The molecule has 0 amide bonds. The number of rotatable bonds is 3. The van der Waals surface area contributed by atoms with Gasteiger partial charge in [-0.1, -0.05) is 0 Å². The molecule has 0 bridgehead atoms. The van der Waals surface area contributed by atoms with Crippen LogP contribution in [0.5, 0.6) is 11.5 Å². The van der Waals surface area contributed by atoms with Crippen molar-refractivity contribution < 1.29 is 13.9 Å². The normalized spacial score (nSPS) is 10.2. The van der Waals surface area contributed by atoms with Crippen molar-refractivity contribution in [2.24, 2.45) is 0 Å². The molecule has 0 aliphatic heterocycles. The second-order valence-electron chi connectivity index (χ2n) is 3.82. The van der Waals surface area contributed by atoms with Crippen LogP contribution in [0.4, 0.5) is 4.39 Å². The summed E-state index contributed by atoms with van der Waals surface area (Å²) in [6.07, 6.45) is 0.774. The molecule has 0 spiro atoms. The lowest BCUT2D eigenvalue weighted by Crippen LogP contribution is -1.90. The van der Waals surface area contributed by atoms with E-state index in [-0.39, 0.29) is 5.82 Å². The zero-order chi connectivity index (χ0) is 13.1. The van der Waals surface area contributed by atoms with Gasteiger partial charge < -0.3 is 4.74 Å². The smallest absolute Gasteiger partial charge is 0.150 e. The highest BCUT2D eigenvalue weighted by atomic mass is 79.9. The van der Waals surface area contributed by atoms with Crippen molar-refractivity contribution in [1.29, 1.82) is 0 Å². The quantitative estimate of drug-likeness (QED) is 0.780.